The molecule has 530 valence electrons. The zero-order valence-electron chi connectivity index (χ0n) is 55.9. The molecule has 6 atom stereocenters. The third-order valence-corrected chi connectivity index (χ3v) is 20.7. The Bertz CT molecular complexity index is 2950. The van der Waals surface area contributed by atoms with Crippen LogP contribution in [0.15, 0.2) is 13.3 Å². The summed E-state index contributed by atoms with van der Waals surface area (Å²) >= 11 is 0. The molecule has 94 heavy (non-hydrogen) atoms. The van der Waals surface area contributed by atoms with Crippen LogP contribution in [0.25, 0.3) is 0 Å². The number of fused-ring (bicyclic) bond motifs is 6. The quantitative estimate of drug-likeness (QED) is 0.0334. The lowest BCUT2D eigenvalue weighted by molar-refractivity contribution is -0.929. The number of piperidine rings is 6. The summed E-state index contributed by atoms with van der Waals surface area (Å²) in [7, 11) is -9.77. The molecule has 0 radical (unpaired) electrons. The number of unbranched alkanes of at least 4 members (excludes halogenated alkanes) is 4. The van der Waals surface area contributed by atoms with Crippen LogP contribution in [-0.2, 0) is 49.0 Å². The maximum absolute atomic E-state index is 12.4. The molecule has 6 amide bonds. The zero-order chi connectivity index (χ0) is 67.3. The number of hydroxylamine groups is 6. The second kappa shape index (κ2) is 33.3. The van der Waals surface area contributed by atoms with Gasteiger partial charge in [-0.1, -0.05) is 67.2 Å². The van der Waals surface area contributed by atoms with Crippen molar-refractivity contribution in [3.63, 3.8) is 0 Å². The maximum atomic E-state index is 12.4. The highest BCUT2D eigenvalue weighted by Crippen LogP contribution is 2.41. The predicted octanol–water partition coefficient (Wildman–Crippen LogP) is 6.94. The highest BCUT2D eigenvalue weighted by atomic mass is 32.3. The number of hydrogen-bond acceptors (Lipinski definition) is 24. The van der Waals surface area contributed by atoms with Gasteiger partial charge in [-0.15, -0.1) is 34.9 Å². The first-order valence-corrected chi connectivity index (χ1v) is 37.2. The monoisotopic (exact) mass is 1370 g/mol. The fourth-order valence-corrected chi connectivity index (χ4v) is 15.0. The van der Waals surface area contributed by atoms with E-state index in [1.54, 1.807) is 4.90 Å². The summed E-state index contributed by atoms with van der Waals surface area (Å²) < 4.78 is 90.8. The number of rotatable bonds is 25. The van der Waals surface area contributed by atoms with E-state index in [1.807, 2.05) is 0 Å². The molecule has 3 aromatic heterocycles. The van der Waals surface area contributed by atoms with E-state index in [1.165, 1.54) is 105 Å². The molecular formula is C60H103N17O15S2. The van der Waals surface area contributed by atoms with Gasteiger partial charge >= 0.3 is 28.5 Å². The van der Waals surface area contributed by atoms with Gasteiger partial charge in [0.1, 0.15) is 18.1 Å². The minimum Gasteiger partial charge on any atom is -0.724 e. The lowest BCUT2D eigenvalue weighted by atomic mass is 9.99. The number of carbonyl (C=O) groups excluding carboxylic acids is 3. The van der Waals surface area contributed by atoms with Crippen LogP contribution < -0.4 is 5.73 Å². The Balaban J connectivity index is 0.000000150. The van der Waals surface area contributed by atoms with Crippen molar-refractivity contribution < 1.29 is 71.8 Å². The van der Waals surface area contributed by atoms with Crippen molar-refractivity contribution in [2.45, 2.75) is 232 Å². The summed E-state index contributed by atoms with van der Waals surface area (Å²) in [6, 6.07) is -3.57. The van der Waals surface area contributed by atoms with Crippen LogP contribution in [0, 0.1) is 11.8 Å². The van der Waals surface area contributed by atoms with Gasteiger partial charge in [-0.05, 0) is 141 Å². The first-order chi connectivity index (χ1) is 45.0. The van der Waals surface area contributed by atoms with Crippen LogP contribution in [0.5, 0.6) is 0 Å². The van der Waals surface area contributed by atoms with E-state index < -0.39 is 57.0 Å². The fraction of sp³-hybridized carbons (Fsp3) is 0.850. The summed E-state index contributed by atoms with van der Waals surface area (Å²) in [6.07, 6.45) is 21.1. The summed E-state index contributed by atoms with van der Waals surface area (Å²) in [5.74, 6) is 4.26. The smallest absolute Gasteiger partial charge is 0.418 e. The molecule has 12 rings (SSSR count). The van der Waals surface area contributed by atoms with Crippen LogP contribution >= 0.6 is 0 Å². The first-order valence-electron chi connectivity index (χ1n) is 34.5. The molecular weight excluding hydrogens is 1260 g/mol. The fourth-order valence-electron chi connectivity index (χ4n) is 14.2. The molecule has 3 aromatic rings. The number of hydrogen-bond donors (Lipinski definition) is 3. The number of amides is 6. The van der Waals surface area contributed by atoms with Crippen molar-refractivity contribution in [3.05, 3.63) is 35.3 Å². The predicted molar refractivity (Wildman–Crippen MR) is 336 cm³/mol. The van der Waals surface area contributed by atoms with Crippen molar-refractivity contribution in [1.29, 1.82) is 0 Å². The normalized spacial score (nSPS) is 25.2. The molecule has 9 aliphatic heterocycles. The molecule has 34 heteroatoms. The lowest BCUT2D eigenvalue weighted by Gasteiger charge is -2.39. The molecule has 9 aliphatic rings. The third kappa shape index (κ3) is 19.5. The second-order valence-electron chi connectivity index (χ2n) is 27.3. The number of carbonyl (C=O) groups is 3. The number of urea groups is 3. The molecule has 9 saturated heterocycles. The van der Waals surface area contributed by atoms with Crippen LogP contribution in [0.3, 0.4) is 0 Å². The summed E-state index contributed by atoms with van der Waals surface area (Å²) in [4.78, 5) is 48.2. The van der Waals surface area contributed by atoms with Crippen molar-refractivity contribution >= 4 is 38.9 Å². The van der Waals surface area contributed by atoms with Gasteiger partial charge in [0.25, 0.3) is 0 Å². The Hall–Kier alpha value is -5.27. The summed E-state index contributed by atoms with van der Waals surface area (Å²) in [5.41, 5.74) is 5.91. The molecule has 0 aromatic carbocycles. The van der Waals surface area contributed by atoms with E-state index >= 15 is 0 Å². The molecule has 9 fully saturated rings. The number of nitrogens with zero attached hydrogens (tertiary/aromatic N) is 16. The van der Waals surface area contributed by atoms with Crippen molar-refractivity contribution in [2.24, 2.45) is 17.6 Å². The average Bonchev–Trinajstić information content (AvgIpc) is 1.64. The number of aromatic nitrogens is 6. The highest BCUT2D eigenvalue weighted by molar-refractivity contribution is 7.81. The van der Waals surface area contributed by atoms with Gasteiger partial charge in [0, 0.05) is 38.8 Å². The Morgan fingerprint density at radius 1 is 0.500 bits per heavy atom. The number of quaternary nitrogens is 1. The van der Waals surface area contributed by atoms with Crippen LogP contribution in [-0.4, -0.2) is 238 Å². The largest absolute Gasteiger partial charge is 0.724 e. The van der Waals surface area contributed by atoms with Gasteiger partial charge in [-0.3, -0.25) is 24.5 Å². The van der Waals surface area contributed by atoms with Crippen LogP contribution in [0.1, 0.15) is 223 Å². The number of nitrogens with two attached hydrogens (primary N) is 1. The Labute approximate surface area is 553 Å². The highest BCUT2D eigenvalue weighted by Gasteiger charge is 2.51. The van der Waals surface area contributed by atoms with E-state index in [4.69, 9.17) is 23.5 Å². The van der Waals surface area contributed by atoms with Crippen molar-refractivity contribution in [3.8, 4) is 0 Å². The molecule has 0 unspecified atom stereocenters. The third-order valence-electron chi connectivity index (χ3n) is 20.0. The molecule has 32 nitrogen and oxygen atoms in total. The average molecular weight is 1370 g/mol. The van der Waals surface area contributed by atoms with Gasteiger partial charge in [0.05, 0.1) is 63.9 Å². The second-order valence-corrected chi connectivity index (χ2v) is 29.3. The Morgan fingerprint density at radius 3 is 1.18 bits per heavy atom. The minimum atomic E-state index is -5.01. The SMILES string of the molecule is CC1CCN(Cc2nnc([C@@H]3CC[C@@H]4CN3C(=O)N4O)o2)CC1.CC1CCN(Cc2nnc([C@@H]3CC[C@@H]4CN3C(=O)N4OS(=O)(=O)[O-])o2)CC1.CCCC[N+](CCCC)(CCCC)CCCC.NC1CCN(Cc2nnc([C@@H]3CC[C@@H]4CN3C(=O)N4OS(=O)(=O)O)o2)CC1. The Kier molecular flexibility index (Phi) is 25.9. The molecule has 12 heterocycles. The number of likely N-dealkylation sites (tertiary alicyclic amines) is 3. The summed E-state index contributed by atoms with van der Waals surface area (Å²) in [6.45, 7) is 28.2. The molecule has 0 aliphatic carbocycles. The summed E-state index contributed by atoms with van der Waals surface area (Å²) in [5, 5.41) is 36.6. The van der Waals surface area contributed by atoms with Crippen LogP contribution in [0.2, 0.25) is 0 Å². The Morgan fingerprint density at radius 2 is 0.830 bits per heavy atom. The first kappa shape index (κ1) is 73.0. The molecule has 4 N–H and O–H groups in total. The lowest BCUT2D eigenvalue weighted by Crippen LogP contribution is -2.50. The van der Waals surface area contributed by atoms with Gasteiger partial charge in [0.15, 0.2) is 0 Å². The van der Waals surface area contributed by atoms with E-state index in [2.05, 4.69) is 95.4 Å². The molecule has 0 saturated carbocycles. The minimum absolute atomic E-state index is 0.100. The van der Waals surface area contributed by atoms with Crippen molar-refractivity contribution in [2.75, 3.05) is 85.1 Å². The van der Waals surface area contributed by atoms with Gasteiger partial charge < -0.3 is 42.7 Å². The topological polar surface area (TPSA) is 373 Å². The van der Waals surface area contributed by atoms with Crippen LogP contribution in [0.4, 0.5) is 14.4 Å². The van der Waals surface area contributed by atoms with Gasteiger partial charge in [-0.25, -0.2) is 27.9 Å². The molecule has 6 bridgehead atoms. The van der Waals surface area contributed by atoms with E-state index in [-0.39, 0.29) is 37.2 Å². The van der Waals surface area contributed by atoms with E-state index in [9.17, 15) is 41.0 Å². The maximum Gasteiger partial charge on any atom is 0.418 e. The standard InChI is InChI=1S/C16H36N.C15H23N5O6S.C15H23N5O3.C14H22N6O6S/c1-5-9-13-17(14-10-6-2,15-11-7-3)16-12-8-4;1-10-4-6-18(7-5-10)9-13-16-17-14(25-13)12-3-2-11-8-19(12)15(21)20(11)26-27(22,23)24;1-10-4-6-18(7-5-10)9-13-16-17-14(23-13)12-3-2-11-8-19(12)15(21)20(11)22;15-9-3-5-18(6-4-9)8-12-16-17-13(25-12)11-2-1-10-7-19(11)14(21)20(10)26-27(22,23)24/h5-16H2,1-4H3;10-12H,2-9H2,1H3,(H,22,23,24);10-12,22H,2-9H2,1H3;9-11H,1-8,15H2,(H,22,23,24)/q+1;;;/p-1/t;2*11-,12+;10-,11+/m.111/s1. The van der Waals surface area contributed by atoms with Crippen molar-refractivity contribution in [1.82, 2.24) is 75.2 Å². The van der Waals surface area contributed by atoms with E-state index in [0.29, 0.717) is 97.3 Å². The zero-order valence-corrected chi connectivity index (χ0v) is 57.5. The van der Waals surface area contributed by atoms with E-state index in [0.717, 1.165) is 94.7 Å². The van der Waals surface area contributed by atoms with Gasteiger partial charge in [-0.2, -0.15) is 22.8 Å². The van der Waals surface area contributed by atoms with Gasteiger partial charge in [0.2, 0.25) is 45.7 Å². The molecule has 0 spiro atoms.